The largest absolute Gasteiger partial charge is 0.292 e. The van der Waals surface area contributed by atoms with Crippen molar-refractivity contribution in [3.63, 3.8) is 0 Å². The number of hydrogen-bond donors (Lipinski definition) is 1. The van der Waals surface area contributed by atoms with Gasteiger partial charge in [0.15, 0.2) is 0 Å². The van der Waals surface area contributed by atoms with Crippen molar-refractivity contribution in [2.45, 2.75) is 6.92 Å². The highest BCUT2D eigenvalue weighted by molar-refractivity contribution is 8.26. The van der Waals surface area contributed by atoms with Gasteiger partial charge in [-0.1, -0.05) is 36.1 Å². The molecular weight excluding hydrogens is 349 g/mol. The number of rotatable bonds is 4. The molecule has 1 fully saturated rings. The zero-order valence-corrected chi connectivity index (χ0v) is 13.9. The fraction of sp³-hybridized carbons (Fsp3) is 0.231. The molecule has 0 atom stereocenters. The van der Waals surface area contributed by atoms with Crippen LogP contribution < -0.4 is 0 Å². The highest BCUT2D eigenvalue weighted by Gasteiger charge is 2.34. The van der Waals surface area contributed by atoms with E-state index in [0.29, 0.717) is 16.0 Å². The first-order valence-electron chi connectivity index (χ1n) is 6.14. The Balaban J connectivity index is 2.26. The molecule has 1 aliphatic rings. The summed E-state index contributed by atoms with van der Waals surface area (Å²) >= 11 is 6.13. The van der Waals surface area contributed by atoms with E-state index in [1.54, 1.807) is 19.1 Å². The number of carbonyl (C=O) groups excluding carboxylic acids is 1. The summed E-state index contributed by atoms with van der Waals surface area (Å²) in [5.41, 5.74) is 1.31. The number of thioether (sulfide) groups is 1. The first-order valence-corrected chi connectivity index (χ1v) is 8.98. The molecule has 0 aliphatic carbocycles. The van der Waals surface area contributed by atoms with Gasteiger partial charge < -0.3 is 0 Å². The highest BCUT2D eigenvalue weighted by Crippen LogP contribution is 2.36. The summed E-state index contributed by atoms with van der Waals surface area (Å²) in [6, 6.07) is 5.68. The van der Waals surface area contributed by atoms with Crippen molar-refractivity contribution in [3.8, 4) is 0 Å². The molecule has 1 saturated heterocycles. The summed E-state index contributed by atoms with van der Waals surface area (Å²) in [5.74, 6) is -1.37. The van der Waals surface area contributed by atoms with E-state index < -0.39 is 21.8 Å². The molecule has 0 unspecified atom stereocenters. The second-order valence-corrected chi connectivity index (χ2v) is 7.79. The van der Waals surface area contributed by atoms with Crippen molar-refractivity contribution < 1.29 is 22.2 Å². The van der Waals surface area contributed by atoms with E-state index in [1.807, 2.05) is 0 Å². The fourth-order valence-corrected chi connectivity index (χ4v) is 3.62. The van der Waals surface area contributed by atoms with Gasteiger partial charge in [-0.05, 0) is 30.2 Å². The maximum absolute atomic E-state index is 12.9. The molecule has 1 aromatic carbocycles. The van der Waals surface area contributed by atoms with E-state index in [-0.39, 0.29) is 16.7 Å². The van der Waals surface area contributed by atoms with Gasteiger partial charge in [0.2, 0.25) is 0 Å². The van der Waals surface area contributed by atoms with Gasteiger partial charge in [-0.25, -0.2) is 4.39 Å². The van der Waals surface area contributed by atoms with Gasteiger partial charge in [0.25, 0.3) is 16.0 Å². The number of allylic oxidation sites excluding steroid dienone is 1. The first-order chi connectivity index (χ1) is 10.2. The van der Waals surface area contributed by atoms with Crippen molar-refractivity contribution in [2.24, 2.45) is 0 Å². The maximum atomic E-state index is 12.9. The van der Waals surface area contributed by atoms with Crippen LogP contribution in [0.3, 0.4) is 0 Å². The molecule has 1 N–H and O–H groups in total. The quantitative estimate of drug-likeness (QED) is 0.504. The van der Waals surface area contributed by atoms with Crippen molar-refractivity contribution in [1.29, 1.82) is 0 Å². The van der Waals surface area contributed by atoms with E-state index >= 15 is 0 Å². The fourth-order valence-electron chi connectivity index (χ4n) is 1.86. The average molecular weight is 361 g/mol. The van der Waals surface area contributed by atoms with Gasteiger partial charge in [0.1, 0.15) is 10.1 Å². The molecule has 1 aromatic rings. The van der Waals surface area contributed by atoms with Crippen molar-refractivity contribution in [3.05, 3.63) is 40.6 Å². The number of thiocarbonyl (C=S) groups is 1. The predicted molar refractivity (Wildman–Crippen MR) is 87.3 cm³/mol. The molecule has 1 amide bonds. The monoisotopic (exact) mass is 361 g/mol. The maximum Gasteiger partial charge on any atom is 0.266 e. The molecule has 5 nitrogen and oxygen atoms in total. The lowest BCUT2D eigenvalue weighted by Crippen LogP contribution is -2.32. The third-order valence-corrected chi connectivity index (χ3v) is 5.29. The Hall–Kier alpha value is -1.29. The van der Waals surface area contributed by atoms with Crippen LogP contribution in [0.1, 0.15) is 12.5 Å². The Morgan fingerprint density at radius 3 is 2.50 bits per heavy atom. The van der Waals surface area contributed by atoms with Gasteiger partial charge in [-0.3, -0.25) is 14.2 Å². The number of benzene rings is 1. The molecule has 22 heavy (non-hydrogen) atoms. The Labute approximate surface area is 136 Å². The molecule has 118 valence electrons. The number of amides is 1. The number of hydrogen-bond acceptors (Lipinski definition) is 5. The second-order valence-electron chi connectivity index (χ2n) is 4.57. The number of nitrogens with zero attached hydrogens (tertiary/aromatic N) is 1. The predicted octanol–water partition coefficient (Wildman–Crippen LogP) is 2.30. The zero-order valence-electron chi connectivity index (χ0n) is 11.4. The lowest BCUT2D eigenvalue weighted by Gasteiger charge is -2.13. The Morgan fingerprint density at radius 2 is 1.95 bits per heavy atom. The summed E-state index contributed by atoms with van der Waals surface area (Å²) in [6.45, 7) is 1.51. The van der Waals surface area contributed by atoms with Crippen LogP contribution in [0.5, 0.6) is 0 Å². The molecule has 0 bridgehead atoms. The van der Waals surface area contributed by atoms with Crippen LogP contribution in [-0.2, 0) is 14.9 Å². The van der Waals surface area contributed by atoms with Crippen LogP contribution in [0.15, 0.2) is 29.2 Å². The van der Waals surface area contributed by atoms with Crippen LogP contribution in [0.25, 0.3) is 5.57 Å². The topological polar surface area (TPSA) is 74.7 Å². The van der Waals surface area contributed by atoms with Crippen molar-refractivity contribution >= 4 is 49.9 Å². The Kier molecular flexibility index (Phi) is 5.00. The number of carbonyl (C=O) groups is 1. The molecule has 0 aromatic heterocycles. The molecule has 9 heteroatoms. The molecule has 0 saturated carbocycles. The third-order valence-electron chi connectivity index (χ3n) is 3.04. The minimum Gasteiger partial charge on any atom is -0.292 e. The molecule has 0 spiro atoms. The average Bonchev–Trinajstić information content (AvgIpc) is 2.71. The van der Waals surface area contributed by atoms with Crippen LogP contribution >= 0.6 is 24.0 Å². The summed E-state index contributed by atoms with van der Waals surface area (Å²) < 4.78 is 43.5. The SMILES string of the molecule is CC(=C1SC(=S)N(CCS(=O)(=O)O)C1=O)c1ccc(F)cc1. The van der Waals surface area contributed by atoms with E-state index in [0.717, 1.165) is 16.7 Å². The summed E-state index contributed by atoms with van der Waals surface area (Å²) in [5, 5.41) is 0. The van der Waals surface area contributed by atoms with E-state index in [4.69, 9.17) is 16.8 Å². The van der Waals surface area contributed by atoms with Crippen LogP contribution in [0.4, 0.5) is 4.39 Å². The molecule has 2 rings (SSSR count). The Morgan fingerprint density at radius 1 is 1.36 bits per heavy atom. The van der Waals surface area contributed by atoms with Crippen LogP contribution in [0, 0.1) is 5.82 Å². The smallest absolute Gasteiger partial charge is 0.266 e. The second kappa shape index (κ2) is 6.45. The lowest BCUT2D eigenvalue weighted by molar-refractivity contribution is -0.121. The highest BCUT2D eigenvalue weighted by atomic mass is 32.2. The molecule has 1 aliphatic heterocycles. The van der Waals surface area contributed by atoms with Gasteiger partial charge in [0, 0.05) is 6.54 Å². The minimum absolute atomic E-state index is 0.205. The van der Waals surface area contributed by atoms with Crippen molar-refractivity contribution in [2.75, 3.05) is 12.3 Å². The van der Waals surface area contributed by atoms with Gasteiger partial charge in [-0.2, -0.15) is 8.42 Å². The van der Waals surface area contributed by atoms with Gasteiger partial charge >= 0.3 is 0 Å². The van der Waals surface area contributed by atoms with Crippen LogP contribution in [-0.4, -0.2) is 40.4 Å². The minimum atomic E-state index is -4.17. The van der Waals surface area contributed by atoms with E-state index in [2.05, 4.69) is 0 Å². The lowest BCUT2D eigenvalue weighted by atomic mass is 10.1. The first kappa shape index (κ1) is 17.1. The summed E-state index contributed by atoms with van der Waals surface area (Å²) in [6.07, 6.45) is 0. The van der Waals surface area contributed by atoms with Crippen molar-refractivity contribution in [1.82, 2.24) is 4.90 Å². The molecule has 1 heterocycles. The van der Waals surface area contributed by atoms with E-state index in [9.17, 15) is 17.6 Å². The van der Waals surface area contributed by atoms with Gasteiger partial charge in [-0.15, -0.1) is 0 Å². The van der Waals surface area contributed by atoms with Gasteiger partial charge in [0.05, 0.1) is 10.7 Å². The number of halogens is 1. The van der Waals surface area contributed by atoms with Crippen LogP contribution in [0.2, 0.25) is 0 Å². The standard InChI is InChI=1S/C13H12FNO4S3/c1-8(9-2-4-10(14)5-3-9)11-12(16)15(13(20)21-11)6-7-22(17,18)19/h2-5H,6-7H2,1H3,(H,17,18,19). The zero-order chi connectivity index (χ0) is 16.5. The molecular formula is C13H12FNO4S3. The summed E-state index contributed by atoms with van der Waals surface area (Å²) in [4.78, 5) is 13.8. The van der Waals surface area contributed by atoms with E-state index in [1.165, 1.54) is 12.1 Å². The third kappa shape index (κ3) is 3.92. The Bertz CT molecular complexity index is 756. The summed E-state index contributed by atoms with van der Waals surface area (Å²) in [7, 11) is -4.17. The normalized spacial score (nSPS) is 18.0. The molecule has 0 radical (unpaired) electrons.